The van der Waals surface area contributed by atoms with E-state index in [1.165, 1.54) is 0 Å². The van der Waals surface area contributed by atoms with E-state index in [0.29, 0.717) is 11.7 Å². The molecule has 0 aliphatic heterocycles. The predicted octanol–water partition coefficient (Wildman–Crippen LogP) is 3.14. The first-order valence-electron chi connectivity index (χ1n) is 7.68. The Morgan fingerprint density at radius 2 is 1.90 bits per heavy atom. The molecule has 0 fully saturated rings. The van der Waals surface area contributed by atoms with Crippen LogP contribution in [0.25, 0.3) is 0 Å². The number of aromatic nitrogens is 2. The highest BCUT2D eigenvalue weighted by atomic mass is 16.5. The van der Waals surface area contributed by atoms with E-state index in [-0.39, 0.29) is 5.41 Å². The minimum Gasteiger partial charge on any atom is -0.383 e. The third-order valence-electron chi connectivity index (χ3n) is 3.06. The number of nitrogens with one attached hydrogen (secondary N) is 1. The lowest BCUT2D eigenvalue weighted by atomic mass is 9.95. The van der Waals surface area contributed by atoms with Crippen molar-refractivity contribution in [2.24, 2.45) is 5.92 Å². The molecule has 0 atom stereocenters. The van der Waals surface area contributed by atoms with E-state index in [0.717, 1.165) is 43.4 Å². The molecule has 120 valence electrons. The lowest BCUT2D eigenvalue weighted by Crippen LogP contribution is -2.20. The van der Waals surface area contributed by atoms with Crippen molar-refractivity contribution in [1.29, 1.82) is 0 Å². The van der Waals surface area contributed by atoms with E-state index in [9.17, 15) is 0 Å². The normalized spacial score (nSPS) is 12.0. The van der Waals surface area contributed by atoms with Crippen molar-refractivity contribution in [3.63, 3.8) is 0 Å². The smallest absolute Gasteiger partial charge is 0.138 e. The second-order valence-electron chi connectivity index (χ2n) is 6.91. The molecule has 1 aromatic heterocycles. The largest absolute Gasteiger partial charge is 0.383 e. The summed E-state index contributed by atoms with van der Waals surface area (Å²) in [5, 5.41) is 3.34. The molecule has 3 N–H and O–H groups in total. The molecular weight excluding hydrogens is 264 g/mol. The SMILES string of the molecule is Cc1c(N)nc(C(C)(C)C)nc1NCCCOCC(C)C. The summed E-state index contributed by atoms with van der Waals surface area (Å²) >= 11 is 0. The van der Waals surface area contributed by atoms with Gasteiger partial charge in [-0.1, -0.05) is 34.6 Å². The first-order chi connectivity index (χ1) is 9.71. The third-order valence-corrected chi connectivity index (χ3v) is 3.06. The molecule has 1 aromatic rings. The summed E-state index contributed by atoms with van der Waals surface area (Å²) < 4.78 is 5.57. The molecule has 5 heteroatoms. The van der Waals surface area contributed by atoms with Crippen LogP contribution in [0, 0.1) is 12.8 Å². The maximum atomic E-state index is 5.99. The zero-order valence-corrected chi connectivity index (χ0v) is 14.3. The fourth-order valence-electron chi connectivity index (χ4n) is 1.74. The van der Waals surface area contributed by atoms with Gasteiger partial charge in [-0.25, -0.2) is 9.97 Å². The Balaban J connectivity index is 2.56. The lowest BCUT2D eigenvalue weighted by Gasteiger charge is -2.19. The first kappa shape index (κ1) is 17.7. The Labute approximate surface area is 128 Å². The van der Waals surface area contributed by atoms with Crippen LogP contribution < -0.4 is 11.1 Å². The van der Waals surface area contributed by atoms with Gasteiger partial charge in [-0.15, -0.1) is 0 Å². The van der Waals surface area contributed by atoms with Crippen LogP contribution in [0.4, 0.5) is 11.6 Å². The average molecular weight is 294 g/mol. The summed E-state index contributed by atoms with van der Waals surface area (Å²) in [6.07, 6.45) is 0.945. The summed E-state index contributed by atoms with van der Waals surface area (Å²) in [6, 6.07) is 0. The molecule has 0 aliphatic carbocycles. The van der Waals surface area contributed by atoms with Crippen molar-refractivity contribution < 1.29 is 4.74 Å². The van der Waals surface area contributed by atoms with Crippen LogP contribution in [-0.4, -0.2) is 29.7 Å². The summed E-state index contributed by atoms with van der Waals surface area (Å²) in [4.78, 5) is 8.99. The standard InChI is InChI=1S/C16H30N4O/c1-11(2)10-21-9-7-8-18-14-12(3)13(17)19-15(20-14)16(4,5)6/h11H,7-10H2,1-6H3,(H3,17,18,19,20). The van der Waals surface area contributed by atoms with Crippen LogP contribution >= 0.6 is 0 Å². The van der Waals surface area contributed by atoms with Crippen LogP contribution in [0.15, 0.2) is 0 Å². The Morgan fingerprint density at radius 1 is 1.24 bits per heavy atom. The fourth-order valence-corrected chi connectivity index (χ4v) is 1.74. The van der Waals surface area contributed by atoms with E-state index < -0.39 is 0 Å². The monoisotopic (exact) mass is 294 g/mol. The maximum absolute atomic E-state index is 5.99. The molecule has 0 unspecified atom stereocenters. The van der Waals surface area contributed by atoms with Crippen LogP contribution in [0.1, 0.15) is 52.4 Å². The maximum Gasteiger partial charge on any atom is 0.138 e. The van der Waals surface area contributed by atoms with Crippen LogP contribution in [0.3, 0.4) is 0 Å². The minimum atomic E-state index is -0.112. The molecule has 5 nitrogen and oxygen atoms in total. The van der Waals surface area contributed by atoms with Gasteiger partial charge in [0.15, 0.2) is 0 Å². The highest BCUT2D eigenvalue weighted by Crippen LogP contribution is 2.24. The molecule has 21 heavy (non-hydrogen) atoms. The molecule has 0 spiro atoms. The molecule has 1 rings (SSSR count). The lowest BCUT2D eigenvalue weighted by molar-refractivity contribution is 0.110. The van der Waals surface area contributed by atoms with Crippen molar-refractivity contribution in [3.8, 4) is 0 Å². The summed E-state index contributed by atoms with van der Waals surface area (Å²) in [7, 11) is 0. The number of hydrogen-bond acceptors (Lipinski definition) is 5. The molecule has 0 saturated heterocycles. The molecule has 1 heterocycles. The van der Waals surface area contributed by atoms with Gasteiger partial charge < -0.3 is 15.8 Å². The van der Waals surface area contributed by atoms with Gasteiger partial charge in [0.25, 0.3) is 0 Å². The number of ether oxygens (including phenoxy) is 1. The second kappa shape index (κ2) is 7.59. The highest BCUT2D eigenvalue weighted by Gasteiger charge is 2.20. The van der Waals surface area contributed by atoms with Gasteiger partial charge in [0.05, 0.1) is 0 Å². The third kappa shape index (κ3) is 5.87. The van der Waals surface area contributed by atoms with Gasteiger partial charge in [0.2, 0.25) is 0 Å². The van der Waals surface area contributed by atoms with E-state index >= 15 is 0 Å². The Bertz CT molecular complexity index is 452. The van der Waals surface area contributed by atoms with Gasteiger partial charge in [-0.2, -0.15) is 0 Å². The average Bonchev–Trinajstić information content (AvgIpc) is 2.36. The van der Waals surface area contributed by atoms with Crippen molar-refractivity contribution in [2.45, 2.75) is 53.4 Å². The molecule has 0 aliphatic rings. The summed E-state index contributed by atoms with van der Waals surface area (Å²) in [5.74, 6) is 2.73. The predicted molar refractivity (Wildman–Crippen MR) is 88.6 cm³/mol. The number of hydrogen-bond donors (Lipinski definition) is 2. The van der Waals surface area contributed by atoms with E-state index in [2.05, 4.69) is 49.9 Å². The molecule has 0 amide bonds. The zero-order valence-electron chi connectivity index (χ0n) is 14.3. The highest BCUT2D eigenvalue weighted by molar-refractivity contribution is 5.55. The van der Waals surface area contributed by atoms with Gasteiger partial charge in [0.1, 0.15) is 17.5 Å². The van der Waals surface area contributed by atoms with Crippen LogP contribution in [0.5, 0.6) is 0 Å². The first-order valence-corrected chi connectivity index (χ1v) is 7.68. The fraction of sp³-hybridized carbons (Fsp3) is 0.750. The van der Waals surface area contributed by atoms with Crippen molar-refractivity contribution in [2.75, 3.05) is 30.8 Å². The van der Waals surface area contributed by atoms with Gasteiger partial charge in [-0.3, -0.25) is 0 Å². The van der Waals surface area contributed by atoms with Crippen molar-refractivity contribution >= 4 is 11.6 Å². The topological polar surface area (TPSA) is 73.1 Å². The van der Waals surface area contributed by atoms with Crippen molar-refractivity contribution in [1.82, 2.24) is 9.97 Å². The van der Waals surface area contributed by atoms with Crippen LogP contribution in [-0.2, 0) is 10.2 Å². The summed E-state index contributed by atoms with van der Waals surface area (Å²) in [5.41, 5.74) is 6.78. The summed E-state index contributed by atoms with van der Waals surface area (Å²) in [6.45, 7) is 14.9. The van der Waals surface area contributed by atoms with E-state index in [1.54, 1.807) is 0 Å². The van der Waals surface area contributed by atoms with Crippen molar-refractivity contribution in [3.05, 3.63) is 11.4 Å². The van der Waals surface area contributed by atoms with E-state index in [4.69, 9.17) is 10.5 Å². The molecule has 0 bridgehead atoms. The molecule has 0 saturated carbocycles. The number of nitrogen functional groups attached to an aromatic ring is 1. The van der Waals surface area contributed by atoms with Gasteiger partial charge >= 0.3 is 0 Å². The minimum absolute atomic E-state index is 0.112. The number of rotatable bonds is 7. The Hall–Kier alpha value is -1.36. The quantitative estimate of drug-likeness (QED) is 0.756. The molecule has 0 radical (unpaired) electrons. The number of nitrogens with zero attached hydrogens (tertiary/aromatic N) is 2. The molecule has 0 aromatic carbocycles. The van der Waals surface area contributed by atoms with Gasteiger partial charge in [-0.05, 0) is 19.3 Å². The zero-order chi connectivity index (χ0) is 16.0. The van der Waals surface area contributed by atoms with E-state index in [1.807, 2.05) is 6.92 Å². The number of anilines is 2. The van der Waals surface area contributed by atoms with Gasteiger partial charge in [0, 0.05) is 30.7 Å². The Morgan fingerprint density at radius 3 is 2.48 bits per heavy atom. The number of nitrogens with two attached hydrogens (primary N) is 1. The Kier molecular flexibility index (Phi) is 6.40. The second-order valence-corrected chi connectivity index (χ2v) is 6.91. The van der Waals surface area contributed by atoms with Crippen LogP contribution in [0.2, 0.25) is 0 Å². The molecular formula is C16H30N4O.